The van der Waals surface area contributed by atoms with Gasteiger partial charge in [0.05, 0.1) is 5.92 Å². The van der Waals surface area contributed by atoms with Gasteiger partial charge in [-0.15, -0.1) is 0 Å². The van der Waals surface area contributed by atoms with Gasteiger partial charge in [0, 0.05) is 19.2 Å². The highest BCUT2D eigenvalue weighted by atomic mass is 16.4. The molecular weight excluding hydrogens is 266 g/mol. The van der Waals surface area contributed by atoms with E-state index in [1.807, 2.05) is 38.1 Å². The second-order valence-electron chi connectivity index (χ2n) is 5.27. The van der Waals surface area contributed by atoms with Crippen LogP contribution >= 0.6 is 0 Å². The molecule has 0 aliphatic rings. The van der Waals surface area contributed by atoms with Gasteiger partial charge in [-0.3, -0.25) is 9.59 Å². The second-order valence-corrected chi connectivity index (χ2v) is 5.27. The average Bonchev–Trinajstić information content (AvgIpc) is 2.45. The van der Waals surface area contributed by atoms with Crippen molar-refractivity contribution < 1.29 is 14.7 Å². The smallest absolute Gasteiger partial charge is 0.308 e. The van der Waals surface area contributed by atoms with Gasteiger partial charge >= 0.3 is 5.97 Å². The zero-order valence-electron chi connectivity index (χ0n) is 12.9. The first-order chi connectivity index (χ1) is 9.93. The maximum Gasteiger partial charge on any atom is 0.308 e. The van der Waals surface area contributed by atoms with Crippen molar-refractivity contribution in [2.75, 3.05) is 13.1 Å². The monoisotopic (exact) mass is 289 g/mol. The fraction of sp³-hybridized carbons (Fsp3) is 0.412. The fourth-order valence-corrected chi connectivity index (χ4v) is 1.92. The van der Waals surface area contributed by atoms with Gasteiger partial charge in [0.25, 0.3) is 0 Å². The van der Waals surface area contributed by atoms with Crippen LogP contribution in [0.2, 0.25) is 0 Å². The quantitative estimate of drug-likeness (QED) is 0.785. The standard InChI is InChI=1S/C17H23NO3/c1-4-11-18(12-14(3)17(20)21)16(19)10-9-15-7-5-13(2)6-8-15/h5-10,14H,4,11-12H2,1-3H3,(H,20,21)/b10-9+. The summed E-state index contributed by atoms with van der Waals surface area (Å²) in [4.78, 5) is 24.7. The third-order valence-corrected chi connectivity index (χ3v) is 3.22. The highest BCUT2D eigenvalue weighted by Crippen LogP contribution is 2.07. The number of carboxylic acids is 1. The van der Waals surface area contributed by atoms with Gasteiger partial charge in [-0.1, -0.05) is 43.7 Å². The summed E-state index contributed by atoms with van der Waals surface area (Å²) in [5.41, 5.74) is 2.12. The molecule has 1 aromatic rings. The van der Waals surface area contributed by atoms with Crippen LogP contribution in [0.15, 0.2) is 30.3 Å². The molecule has 0 saturated carbocycles. The van der Waals surface area contributed by atoms with E-state index < -0.39 is 11.9 Å². The Balaban J connectivity index is 2.71. The predicted molar refractivity (Wildman–Crippen MR) is 83.9 cm³/mol. The lowest BCUT2D eigenvalue weighted by molar-refractivity contribution is -0.142. The number of carbonyl (C=O) groups is 2. The number of carboxylic acid groups (broad SMARTS) is 1. The molecule has 1 rings (SSSR count). The minimum absolute atomic E-state index is 0.148. The number of hydrogen-bond donors (Lipinski definition) is 1. The third kappa shape index (κ3) is 5.81. The van der Waals surface area contributed by atoms with Crippen LogP contribution in [0.3, 0.4) is 0 Å². The normalized spacial score (nSPS) is 12.3. The summed E-state index contributed by atoms with van der Waals surface area (Å²) < 4.78 is 0. The lowest BCUT2D eigenvalue weighted by atomic mass is 10.1. The molecule has 4 nitrogen and oxygen atoms in total. The van der Waals surface area contributed by atoms with Crippen molar-refractivity contribution in [3.05, 3.63) is 41.5 Å². The summed E-state index contributed by atoms with van der Waals surface area (Å²) in [6, 6.07) is 7.87. The van der Waals surface area contributed by atoms with Crippen LogP contribution in [0, 0.1) is 12.8 Å². The van der Waals surface area contributed by atoms with E-state index in [4.69, 9.17) is 5.11 Å². The van der Waals surface area contributed by atoms with E-state index in [1.54, 1.807) is 17.9 Å². The molecule has 114 valence electrons. The summed E-state index contributed by atoms with van der Waals surface area (Å²) in [6.45, 7) is 6.39. The summed E-state index contributed by atoms with van der Waals surface area (Å²) in [6.07, 6.45) is 4.07. The van der Waals surface area contributed by atoms with Gasteiger partial charge in [-0.05, 0) is 25.0 Å². The molecular formula is C17H23NO3. The Kier molecular flexibility index (Phi) is 6.66. The summed E-state index contributed by atoms with van der Waals surface area (Å²) >= 11 is 0. The molecule has 1 aromatic carbocycles. The number of nitrogens with zero attached hydrogens (tertiary/aromatic N) is 1. The minimum Gasteiger partial charge on any atom is -0.481 e. The first-order valence-electron chi connectivity index (χ1n) is 7.20. The zero-order chi connectivity index (χ0) is 15.8. The number of hydrogen-bond acceptors (Lipinski definition) is 2. The van der Waals surface area contributed by atoms with E-state index in [2.05, 4.69) is 0 Å². The molecule has 0 aliphatic carbocycles. The number of benzene rings is 1. The Morgan fingerprint density at radius 3 is 2.43 bits per heavy atom. The number of amides is 1. The highest BCUT2D eigenvalue weighted by Gasteiger charge is 2.18. The SMILES string of the molecule is CCCN(CC(C)C(=O)O)C(=O)/C=C/c1ccc(C)cc1. The zero-order valence-corrected chi connectivity index (χ0v) is 12.9. The molecule has 4 heteroatoms. The summed E-state index contributed by atoms with van der Waals surface area (Å²) in [7, 11) is 0. The van der Waals surface area contributed by atoms with Crippen LogP contribution in [-0.4, -0.2) is 35.0 Å². The first kappa shape index (κ1) is 17.0. The van der Waals surface area contributed by atoms with Crippen molar-refractivity contribution in [2.45, 2.75) is 27.2 Å². The largest absolute Gasteiger partial charge is 0.481 e. The van der Waals surface area contributed by atoms with Crippen LogP contribution in [-0.2, 0) is 9.59 Å². The lowest BCUT2D eigenvalue weighted by Crippen LogP contribution is -2.36. The van der Waals surface area contributed by atoms with Crippen LogP contribution in [0.4, 0.5) is 0 Å². The van der Waals surface area contributed by atoms with Gasteiger partial charge in [-0.2, -0.15) is 0 Å². The molecule has 1 atom stereocenters. The van der Waals surface area contributed by atoms with Crippen molar-refractivity contribution in [2.24, 2.45) is 5.92 Å². The molecule has 21 heavy (non-hydrogen) atoms. The molecule has 1 unspecified atom stereocenters. The van der Waals surface area contributed by atoms with Gasteiger partial charge in [0.15, 0.2) is 0 Å². The highest BCUT2D eigenvalue weighted by molar-refractivity contribution is 5.92. The van der Waals surface area contributed by atoms with Crippen molar-refractivity contribution in [3.63, 3.8) is 0 Å². The number of rotatable bonds is 7. The maximum absolute atomic E-state index is 12.2. The van der Waals surface area contributed by atoms with Gasteiger partial charge in [-0.25, -0.2) is 0 Å². The molecule has 0 heterocycles. The van der Waals surface area contributed by atoms with Crippen LogP contribution < -0.4 is 0 Å². The van der Waals surface area contributed by atoms with Gasteiger partial charge in [0.2, 0.25) is 5.91 Å². The summed E-state index contributed by atoms with van der Waals surface area (Å²) in [5, 5.41) is 8.96. The van der Waals surface area contributed by atoms with Crippen LogP contribution in [0.5, 0.6) is 0 Å². The van der Waals surface area contributed by atoms with E-state index >= 15 is 0 Å². The minimum atomic E-state index is -0.883. The van der Waals surface area contributed by atoms with Gasteiger partial charge in [0.1, 0.15) is 0 Å². The molecule has 0 aliphatic heterocycles. The fourth-order valence-electron chi connectivity index (χ4n) is 1.92. The molecule has 0 radical (unpaired) electrons. The molecule has 0 spiro atoms. The molecule has 1 N–H and O–H groups in total. The lowest BCUT2D eigenvalue weighted by Gasteiger charge is -2.22. The van der Waals surface area contributed by atoms with Gasteiger partial charge < -0.3 is 10.0 Å². The van der Waals surface area contributed by atoms with Crippen molar-refractivity contribution >= 4 is 18.0 Å². The van der Waals surface area contributed by atoms with E-state index in [9.17, 15) is 9.59 Å². The van der Waals surface area contributed by atoms with E-state index in [1.165, 1.54) is 11.6 Å². The molecule has 0 aromatic heterocycles. The van der Waals surface area contributed by atoms with E-state index in [-0.39, 0.29) is 12.5 Å². The number of aliphatic carboxylic acids is 1. The van der Waals surface area contributed by atoms with Crippen molar-refractivity contribution in [3.8, 4) is 0 Å². The Morgan fingerprint density at radius 1 is 1.29 bits per heavy atom. The maximum atomic E-state index is 12.2. The van der Waals surface area contributed by atoms with E-state index in [0.29, 0.717) is 6.54 Å². The predicted octanol–water partition coefficient (Wildman–Crippen LogP) is 2.97. The average molecular weight is 289 g/mol. The summed E-state index contributed by atoms with van der Waals surface area (Å²) in [5.74, 6) is -1.59. The Hall–Kier alpha value is -2.10. The van der Waals surface area contributed by atoms with Crippen molar-refractivity contribution in [1.82, 2.24) is 4.90 Å². The topological polar surface area (TPSA) is 57.6 Å². The van der Waals surface area contributed by atoms with Crippen LogP contribution in [0.1, 0.15) is 31.4 Å². The van der Waals surface area contributed by atoms with Crippen LogP contribution in [0.25, 0.3) is 6.08 Å². The molecule has 0 saturated heterocycles. The Morgan fingerprint density at radius 2 is 1.90 bits per heavy atom. The first-order valence-corrected chi connectivity index (χ1v) is 7.20. The Bertz CT molecular complexity index is 505. The molecule has 0 bridgehead atoms. The molecule has 0 fully saturated rings. The third-order valence-electron chi connectivity index (χ3n) is 3.22. The number of carbonyl (C=O) groups excluding carboxylic acids is 1. The molecule has 1 amide bonds. The second kappa shape index (κ2) is 8.25. The van der Waals surface area contributed by atoms with E-state index in [0.717, 1.165) is 12.0 Å². The number of aryl methyl sites for hydroxylation is 1. The Labute approximate surface area is 126 Å². The van der Waals surface area contributed by atoms with Crippen molar-refractivity contribution in [1.29, 1.82) is 0 Å².